The van der Waals surface area contributed by atoms with Crippen LogP contribution < -0.4 is 32.9 Å². The van der Waals surface area contributed by atoms with Gasteiger partial charge in [0, 0.05) is 89.6 Å². The number of hydrogen-bond donors (Lipinski definition) is 1. The van der Waals surface area contributed by atoms with Crippen LogP contribution in [-0.2, 0) is 0 Å². The summed E-state index contributed by atoms with van der Waals surface area (Å²) in [5.74, 6) is 2.26. The molecule has 0 radical (unpaired) electrons. The Bertz CT molecular complexity index is 8580. The third-order valence-electron chi connectivity index (χ3n) is 22.3. The summed E-state index contributed by atoms with van der Waals surface area (Å²) in [4.78, 5) is 86.5. The lowest BCUT2D eigenvalue weighted by Crippen LogP contribution is -2.02. The lowest BCUT2D eigenvalue weighted by Gasteiger charge is -2.07. The Morgan fingerprint density at radius 1 is 0.346 bits per heavy atom. The van der Waals surface area contributed by atoms with E-state index in [1.54, 1.807) is 104 Å². The molecule has 19 nitrogen and oxygen atoms in total. The minimum Gasteiger partial charge on any atom is -0.497 e. The molecular weight excluding hydrogens is 1840 g/mol. The number of ketones is 2. The molecule has 130 heavy (non-hydrogen) atoms. The maximum atomic E-state index is 13.5. The van der Waals surface area contributed by atoms with Gasteiger partial charge in [0.25, 0.3) is 0 Å². The van der Waals surface area contributed by atoms with E-state index in [0.717, 1.165) is 109 Å². The van der Waals surface area contributed by atoms with E-state index in [1.165, 1.54) is 24.3 Å². The van der Waals surface area contributed by atoms with Crippen LogP contribution in [0.3, 0.4) is 0 Å². The molecule has 22 aromatic rings. The predicted molar refractivity (Wildman–Crippen MR) is 514 cm³/mol. The van der Waals surface area contributed by atoms with Crippen LogP contribution in [0.1, 0.15) is 77.5 Å². The first kappa shape index (κ1) is 86.1. The molecule has 22 rings (SSSR count). The van der Waals surface area contributed by atoms with Gasteiger partial charge in [0.15, 0.2) is 17.1 Å². The first-order chi connectivity index (χ1) is 62.8. The third-order valence-corrected chi connectivity index (χ3v) is 24.9. The minimum atomic E-state index is -0.866. The lowest BCUT2D eigenvalue weighted by atomic mass is 9.96. The predicted octanol–water partition coefficient (Wildman–Crippen LogP) is 27.9. The zero-order valence-electron chi connectivity index (χ0n) is 69.4. The zero-order chi connectivity index (χ0) is 90.6. The number of furan rings is 5. The second-order valence-corrected chi connectivity index (χ2v) is 33.4. The van der Waals surface area contributed by atoms with Crippen molar-refractivity contribution < 1.29 is 63.6 Å². The number of aliphatic hydroxyl groups excluding tert-OH is 1. The van der Waals surface area contributed by atoms with E-state index in [0.29, 0.717) is 125 Å². The van der Waals surface area contributed by atoms with Crippen molar-refractivity contribution in [2.75, 3.05) is 7.11 Å². The number of fused-ring (bicyclic) bond motifs is 15. The van der Waals surface area contributed by atoms with E-state index in [2.05, 4.69) is 31.9 Å². The lowest BCUT2D eigenvalue weighted by molar-refractivity contribution is 0.100. The van der Waals surface area contributed by atoms with Crippen molar-refractivity contribution in [3.8, 4) is 50.7 Å². The van der Waals surface area contributed by atoms with Crippen molar-refractivity contribution in [3.05, 3.63) is 423 Å². The number of carbonyl (C=O) groups excluding carboxylic acids is 2. The fraction of sp³-hybridized carbons (Fsp3) is 0.0660. The number of aliphatic hydroxyl groups is 1. The number of carbonyl (C=O) groups is 2. The molecule has 0 bridgehead atoms. The summed E-state index contributed by atoms with van der Waals surface area (Å²) < 4.78 is 63.6. The topological polar surface area (TPSA) is 280 Å². The molecule has 10 aromatic heterocycles. The van der Waals surface area contributed by atoms with Crippen LogP contribution in [0, 0.1) is 34.6 Å². The molecule has 640 valence electrons. The molecule has 24 heteroatoms. The number of ether oxygens (including phenoxy) is 1. The standard InChI is InChI=1S/C26H17ClO5.C25H14Cl2O4.C19H14O4.C18H10Br2O3.C18H12O3/c1-14-13-21(28)32-25-19(14)11-12-20-23(25)22(15-3-7-17(27)8-4-15)26(31-20)24(29)16-5-9-18(30-2)10-6-16;1-13-11-20(28)31-24-16(13)8-10-19-22(24)21(15-7-9-17(26)18(27)12-15)25(30-19)23(29)14-5-3-2-4-6-14;1-11-9-17(20)23-19-13(11)7-8-15-14(19)10-16(22-15)18(21)12-5-3-2-4-6-12;1-9-11-7-8-12-13(17(11)23-18(21)14(9)19)15(20)16(22-12)10-5-3-2-4-6-10;1-11-9-17(19)21-18-13(11)7-8-15-14(18)10-16(20-15)12-5-3-2-4-6-12/h3-13H,1-2H3;2-12H,1H3;2-10,18,21H,1H3;2-8H,1H3;2-10H,1H3. The van der Waals surface area contributed by atoms with Gasteiger partial charge in [-0.3, -0.25) is 9.59 Å². The average Bonchev–Trinajstić information content (AvgIpc) is 1.59. The highest BCUT2D eigenvalue weighted by molar-refractivity contribution is 9.11. The highest BCUT2D eigenvalue weighted by Gasteiger charge is 2.30. The summed E-state index contributed by atoms with van der Waals surface area (Å²) in [6, 6.07) is 84.8. The van der Waals surface area contributed by atoms with E-state index in [9.17, 15) is 38.7 Å². The monoisotopic (exact) mass is 1910 g/mol. The van der Waals surface area contributed by atoms with Gasteiger partial charge in [0.1, 0.15) is 83.9 Å². The minimum absolute atomic E-state index is 0.135. The second-order valence-electron chi connectivity index (χ2n) is 30.5. The smallest absolute Gasteiger partial charge is 0.350 e. The van der Waals surface area contributed by atoms with Gasteiger partial charge in [-0.15, -0.1) is 0 Å². The number of rotatable bonds is 11. The van der Waals surface area contributed by atoms with Gasteiger partial charge in [-0.1, -0.05) is 174 Å². The van der Waals surface area contributed by atoms with E-state index in [4.69, 9.17) is 83.7 Å². The summed E-state index contributed by atoms with van der Waals surface area (Å²) >= 11 is 25.4. The average molecular weight is 1910 g/mol. The van der Waals surface area contributed by atoms with Crippen molar-refractivity contribution in [1.82, 2.24) is 0 Å². The molecule has 0 aliphatic carbocycles. The Balaban J connectivity index is 0.000000110. The molecule has 0 saturated carbocycles. The van der Waals surface area contributed by atoms with Crippen molar-refractivity contribution in [2.24, 2.45) is 0 Å². The zero-order valence-corrected chi connectivity index (χ0v) is 74.8. The first-order valence-electron chi connectivity index (χ1n) is 40.4. The van der Waals surface area contributed by atoms with Gasteiger partial charge in [0.05, 0.1) is 48.6 Å². The van der Waals surface area contributed by atoms with E-state index in [-0.39, 0.29) is 28.7 Å². The van der Waals surface area contributed by atoms with E-state index in [1.807, 2.05) is 198 Å². The number of halogens is 5. The third kappa shape index (κ3) is 16.6. The maximum Gasteiger partial charge on any atom is 0.350 e. The van der Waals surface area contributed by atoms with Crippen LogP contribution in [0.4, 0.5) is 0 Å². The maximum absolute atomic E-state index is 13.5. The Labute approximate surface area is 767 Å². The quantitative estimate of drug-likeness (QED) is 0.0930. The summed E-state index contributed by atoms with van der Waals surface area (Å²) in [5.41, 5.74) is 13.3. The Morgan fingerprint density at radius 3 is 1.28 bits per heavy atom. The van der Waals surface area contributed by atoms with Gasteiger partial charge < -0.3 is 54.0 Å². The summed E-state index contributed by atoms with van der Waals surface area (Å²) in [6.45, 7) is 9.34. The fourth-order valence-electron chi connectivity index (χ4n) is 15.8. The molecule has 1 N–H and O–H groups in total. The van der Waals surface area contributed by atoms with Gasteiger partial charge in [0.2, 0.25) is 11.6 Å². The van der Waals surface area contributed by atoms with Crippen LogP contribution in [-0.4, -0.2) is 23.8 Å². The molecule has 12 aromatic carbocycles. The molecule has 10 heterocycles. The number of benzene rings is 12. The molecule has 0 saturated heterocycles. The highest BCUT2D eigenvalue weighted by Crippen LogP contribution is 2.47. The van der Waals surface area contributed by atoms with Crippen molar-refractivity contribution in [1.29, 1.82) is 0 Å². The molecule has 1 atom stereocenters. The van der Waals surface area contributed by atoms with E-state index < -0.39 is 28.6 Å². The van der Waals surface area contributed by atoms with Gasteiger partial charge in [-0.2, -0.15) is 0 Å². The molecule has 0 fully saturated rings. The first-order valence-corrected chi connectivity index (χ1v) is 43.2. The summed E-state index contributed by atoms with van der Waals surface area (Å²) in [5, 5.41) is 19.4. The van der Waals surface area contributed by atoms with Crippen LogP contribution >= 0.6 is 66.7 Å². The largest absolute Gasteiger partial charge is 0.497 e. The van der Waals surface area contributed by atoms with Crippen molar-refractivity contribution in [3.63, 3.8) is 0 Å². The number of methoxy groups -OCH3 is 1. The second kappa shape index (κ2) is 35.9. The van der Waals surface area contributed by atoms with Crippen LogP contribution in [0.5, 0.6) is 5.75 Å². The Morgan fingerprint density at radius 2 is 0.769 bits per heavy atom. The van der Waals surface area contributed by atoms with Gasteiger partial charge in [-0.05, 0) is 232 Å². The SMILES string of the molecule is COc1ccc(C(=O)c2oc3ccc4c(C)cc(=O)oc4c3c2-c2ccc(Cl)cc2)cc1.Cc1c(Br)c(=O)oc2c1ccc1oc(-c3ccccc3)c(Br)c12.Cc1cc(=O)oc2c1ccc1oc(-c3ccccc3)cc12.Cc1cc(=O)oc2c1ccc1oc(C(=O)c3ccccc3)c(-c3ccc(Cl)c(Cl)c3)c12.Cc1cc(=O)oc2c1ccc1oc(C(O)c3ccccc3)cc12. The number of aryl methyl sites for hydroxylation is 5. The molecule has 0 aliphatic heterocycles. The van der Waals surface area contributed by atoms with Crippen molar-refractivity contribution in [2.45, 2.75) is 40.7 Å². The van der Waals surface area contributed by atoms with Gasteiger partial charge >= 0.3 is 28.1 Å². The van der Waals surface area contributed by atoms with Crippen molar-refractivity contribution >= 4 is 188 Å². The van der Waals surface area contributed by atoms with Crippen LogP contribution in [0.15, 0.2) is 362 Å². The molecular formula is C106H67Br2Cl3O19. The summed E-state index contributed by atoms with van der Waals surface area (Å²) in [6.07, 6.45) is -0.866. The fourth-order valence-corrected chi connectivity index (χ4v) is 17.3. The highest BCUT2D eigenvalue weighted by atomic mass is 79.9. The van der Waals surface area contributed by atoms with Crippen LogP contribution in [0.25, 0.3) is 155 Å². The molecule has 0 aliphatic rings. The van der Waals surface area contributed by atoms with E-state index >= 15 is 0 Å². The van der Waals surface area contributed by atoms with Crippen LogP contribution in [0.2, 0.25) is 15.1 Å². The van der Waals surface area contributed by atoms with Gasteiger partial charge in [-0.25, -0.2) is 24.0 Å². The summed E-state index contributed by atoms with van der Waals surface area (Å²) in [7, 11) is 1.57. The Kier molecular flexibility index (Phi) is 23.7. The molecule has 0 amide bonds. The normalized spacial score (nSPS) is 11.6. The molecule has 1 unspecified atom stereocenters. The molecule has 0 spiro atoms. The Hall–Kier alpha value is -14.7. The number of hydrogen-bond acceptors (Lipinski definition) is 19.